The first-order chi connectivity index (χ1) is 18.9. The van der Waals surface area contributed by atoms with Crippen molar-refractivity contribution in [1.82, 2.24) is 4.90 Å². The summed E-state index contributed by atoms with van der Waals surface area (Å²) >= 11 is 6.46. The zero-order valence-electron chi connectivity index (χ0n) is 20.7. The molecular weight excluding hydrogens is 523 g/mol. The highest BCUT2D eigenvalue weighted by molar-refractivity contribution is 6.31. The maximum atomic E-state index is 14.7. The number of rotatable bonds is 4. The summed E-state index contributed by atoms with van der Waals surface area (Å²) < 4.78 is 26.1. The van der Waals surface area contributed by atoms with Gasteiger partial charge in [0.15, 0.2) is 11.0 Å². The molecule has 2 unspecified atom stereocenters. The summed E-state index contributed by atoms with van der Waals surface area (Å²) in [5.74, 6) is -1.88. The molecule has 2 amide bonds. The maximum absolute atomic E-state index is 14.7. The van der Waals surface area contributed by atoms with Crippen LogP contribution in [0.1, 0.15) is 40.1 Å². The highest BCUT2D eigenvalue weighted by atomic mass is 35.5. The lowest BCUT2D eigenvalue weighted by Crippen LogP contribution is -2.55. The maximum Gasteiger partial charge on any atom is 0.291 e. The SMILES string of the molecule is O=C1c2oc3ccc(F)cc3c(=O)c2C2(C(=O)N(Cc3ccccc3Cl)c3ccccc32)N1CC1CCCO1. The third kappa shape index (κ3) is 3.34. The van der Waals surface area contributed by atoms with Crippen molar-refractivity contribution in [3.05, 3.63) is 110 Å². The predicted octanol–water partition coefficient (Wildman–Crippen LogP) is 5.01. The van der Waals surface area contributed by atoms with Gasteiger partial charge in [-0.05, 0) is 48.7 Å². The largest absolute Gasteiger partial charge is 0.450 e. The monoisotopic (exact) mass is 544 g/mol. The van der Waals surface area contributed by atoms with Crippen molar-refractivity contribution in [3.63, 3.8) is 0 Å². The van der Waals surface area contributed by atoms with E-state index in [2.05, 4.69) is 0 Å². The smallest absolute Gasteiger partial charge is 0.291 e. The molecular formula is C30H22ClFN2O5. The summed E-state index contributed by atoms with van der Waals surface area (Å²) in [5, 5.41) is 0.457. The first kappa shape index (κ1) is 24.1. The van der Waals surface area contributed by atoms with Crippen LogP contribution < -0.4 is 10.3 Å². The third-order valence-corrected chi connectivity index (χ3v) is 8.26. The molecule has 3 aliphatic heterocycles. The summed E-state index contributed by atoms with van der Waals surface area (Å²) in [4.78, 5) is 45.9. The summed E-state index contributed by atoms with van der Waals surface area (Å²) in [5.41, 5.74) is -0.678. The van der Waals surface area contributed by atoms with E-state index < -0.39 is 28.6 Å². The van der Waals surface area contributed by atoms with E-state index in [0.717, 1.165) is 12.5 Å². The molecule has 1 aromatic heterocycles. The van der Waals surface area contributed by atoms with Crippen molar-refractivity contribution >= 4 is 40.1 Å². The summed E-state index contributed by atoms with van der Waals surface area (Å²) in [7, 11) is 0. The van der Waals surface area contributed by atoms with E-state index in [1.165, 1.54) is 17.0 Å². The van der Waals surface area contributed by atoms with Crippen LogP contribution >= 0.6 is 11.6 Å². The molecule has 7 rings (SSSR count). The van der Waals surface area contributed by atoms with E-state index in [4.69, 9.17) is 20.8 Å². The Balaban J connectivity index is 1.51. The Labute approximate surface area is 227 Å². The van der Waals surface area contributed by atoms with Gasteiger partial charge < -0.3 is 19.0 Å². The number of benzene rings is 3. The van der Waals surface area contributed by atoms with Crippen LogP contribution in [-0.2, 0) is 21.6 Å². The van der Waals surface area contributed by atoms with Gasteiger partial charge in [0.2, 0.25) is 5.76 Å². The lowest BCUT2D eigenvalue weighted by molar-refractivity contribution is -0.126. The summed E-state index contributed by atoms with van der Waals surface area (Å²) in [6, 6.07) is 17.9. The highest BCUT2D eigenvalue weighted by Gasteiger charge is 2.65. The first-order valence-corrected chi connectivity index (χ1v) is 13.1. The molecule has 4 heterocycles. The fourth-order valence-electron chi connectivity index (χ4n) is 6.16. The van der Waals surface area contributed by atoms with Crippen molar-refractivity contribution in [2.24, 2.45) is 0 Å². The number of fused-ring (bicyclic) bond motifs is 5. The van der Waals surface area contributed by atoms with Crippen molar-refractivity contribution in [1.29, 1.82) is 0 Å². The number of para-hydroxylation sites is 1. The second-order valence-electron chi connectivity index (χ2n) is 10.0. The molecule has 2 atom stereocenters. The number of nitrogens with zero attached hydrogens (tertiary/aromatic N) is 2. The molecule has 39 heavy (non-hydrogen) atoms. The molecule has 7 nitrogen and oxygen atoms in total. The van der Waals surface area contributed by atoms with Crippen LogP contribution in [0.4, 0.5) is 10.1 Å². The average Bonchev–Trinajstić information content (AvgIpc) is 3.60. The second kappa shape index (κ2) is 8.76. The second-order valence-corrected chi connectivity index (χ2v) is 10.4. The molecule has 1 spiro atoms. The molecule has 3 aromatic carbocycles. The zero-order chi connectivity index (χ0) is 26.9. The molecule has 0 radical (unpaired) electrons. The van der Waals surface area contributed by atoms with E-state index in [0.29, 0.717) is 34.9 Å². The standard InChI is InChI=1S/C30H22ClFN2O5/c31-22-9-3-1-6-17(22)15-33-23-10-4-2-8-21(23)30(29(33)37)25-26(35)20-14-18(32)11-12-24(20)39-27(25)28(36)34(30)16-19-7-5-13-38-19/h1-4,6,8-12,14,19H,5,7,13,15-16H2. The number of anilines is 1. The van der Waals surface area contributed by atoms with Crippen LogP contribution in [0.15, 0.2) is 75.9 Å². The van der Waals surface area contributed by atoms with Gasteiger partial charge in [-0.3, -0.25) is 14.4 Å². The number of halogens is 2. The quantitative estimate of drug-likeness (QED) is 0.361. The Morgan fingerprint density at radius 2 is 1.82 bits per heavy atom. The molecule has 9 heteroatoms. The lowest BCUT2D eigenvalue weighted by atomic mass is 9.83. The fraction of sp³-hybridized carbons (Fsp3) is 0.233. The number of ether oxygens (including phenoxy) is 1. The lowest BCUT2D eigenvalue weighted by Gasteiger charge is -2.35. The van der Waals surface area contributed by atoms with Crippen LogP contribution in [-0.4, -0.2) is 36.0 Å². The third-order valence-electron chi connectivity index (χ3n) is 7.89. The zero-order valence-corrected chi connectivity index (χ0v) is 21.4. The normalized spacial score (nSPS) is 21.8. The summed E-state index contributed by atoms with van der Waals surface area (Å²) in [6.45, 7) is 0.769. The predicted molar refractivity (Wildman–Crippen MR) is 142 cm³/mol. The minimum absolute atomic E-state index is 0.0327. The first-order valence-electron chi connectivity index (χ1n) is 12.8. The number of hydrogen-bond acceptors (Lipinski definition) is 5. The average molecular weight is 545 g/mol. The fourth-order valence-corrected chi connectivity index (χ4v) is 6.36. The van der Waals surface area contributed by atoms with E-state index in [1.807, 2.05) is 12.1 Å². The Kier molecular flexibility index (Phi) is 5.40. The minimum Gasteiger partial charge on any atom is -0.450 e. The topological polar surface area (TPSA) is 80.1 Å². The van der Waals surface area contributed by atoms with Gasteiger partial charge in [-0.25, -0.2) is 4.39 Å². The van der Waals surface area contributed by atoms with Gasteiger partial charge in [-0.15, -0.1) is 0 Å². The molecule has 1 saturated heterocycles. The number of carbonyl (C=O) groups excluding carboxylic acids is 2. The van der Waals surface area contributed by atoms with Crippen LogP contribution in [0.2, 0.25) is 5.02 Å². The minimum atomic E-state index is -1.79. The van der Waals surface area contributed by atoms with Crippen molar-refractivity contribution in [2.75, 3.05) is 18.1 Å². The van der Waals surface area contributed by atoms with Gasteiger partial charge in [0, 0.05) is 23.7 Å². The highest BCUT2D eigenvalue weighted by Crippen LogP contribution is 2.53. The van der Waals surface area contributed by atoms with E-state index in [-0.39, 0.29) is 41.5 Å². The molecule has 0 aliphatic carbocycles. The molecule has 0 saturated carbocycles. The van der Waals surface area contributed by atoms with Gasteiger partial charge in [-0.1, -0.05) is 48.0 Å². The molecule has 1 fully saturated rings. The van der Waals surface area contributed by atoms with Crippen molar-refractivity contribution in [2.45, 2.75) is 31.0 Å². The number of hydrogen-bond donors (Lipinski definition) is 0. The Morgan fingerprint density at radius 1 is 1.03 bits per heavy atom. The van der Waals surface area contributed by atoms with Crippen LogP contribution in [0, 0.1) is 5.82 Å². The Hall–Kier alpha value is -4.01. The van der Waals surface area contributed by atoms with Crippen molar-refractivity contribution in [3.8, 4) is 0 Å². The van der Waals surface area contributed by atoms with Gasteiger partial charge >= 0.3 is 0 Å². The Bertz CT molecular complexity index is 1750. The molecule has 0 N–H and O–H groups in total. The Morgan fingerprint density at radius 3 is 2.62 bits per heavy atom. The van der Waals surface area contributed by atoms with Gasteiger partial charge in [0.25, 0.3) is 11.8 Å². The van der Waals surface area contributed by atoms with Crippen molar-refractivity contribution < 1.29 is 23.1 Å². The van der Waals surface area contributed by atoms with Crippen LogP contribution in [0.25, 0.3) is 11.0 Å². The molecule has 4 aromatic rings. The van der Waals surface area contributed by atoms with Gasteiger partial charge in [-0.2, -0.15) is 0 Å². The summed E-state index contributed by atoms with van der Waals surface area (Å²) in [6.07, 6.45) is 1.24. The van der Waals surface area contributed by atoms with Gasteiger partial charge in [0.1, 0.15) is 11.4 Å². The van der Waals surface area contributed by atoms with E-state index in [1.54, 1.807) is 41.3 Å². The van der Waals surface area contributed by atoms with Crippen LogP contribution in [0.5, 0.6) is 0 Å². The van der Waals surface area contributed by atoms with E-state index in [9.17, 15) is 18.8 Å². The van der Waals surface area contributed by atoms with Gasteiger partial charge in [0.05, 0.1) is 29.3 Å². The molecule has 0 bridgehead atoms. The molecule has 196 valence electrons. The van der Waals surface area contributed by atoms with E-state index >= 15 is 0 Å². The molecule has 3 aliphatic rings. The number of amides is 2. The number of carbonyl (C=O) groups is 2. The van der Waals surface area contributed by atoms with Crippen LogP contribution in [0.3, 0.4) is 0 Å².